The SMILES string of the molecule is Cc1cnc(C2COCCN2C(=O)c2ccc3c(c2)OCCO3)[nH]1. The van der Waals surface area contributed by atoms with Gasteiger partial charge in [0.25, 0.3) is 5.91 Å². The predicted octanol–water partition coefficient (Wildman–Crippen LogP) is 1.70. The van der Waals surface area contributed by atoms with Crippen molar-refractivity contribution in [2.45, 2.75) is 13.0 Å². The van der Waals surface area contributed by atoms with Gasteiger partial charge in [-0.15, -0.1) is 0 Å². The molecule has 7 heteroatoms. The van der Waals surface area contributed by atoms with Gasteiger partial charge >= 0.3 is 0 Å². The molecule has 0 aliphatic carbocycles. The molecule has 1 N–H and O–H groups in total. The smallest absolute Gasteiger partial charge is 0.254 e. The van der Waals surface area contributed by atoms with Crippen LogP contribution in [0, 0.1) is 6.92 Å². The Morgan fingerprint density at radius 1 is 1.25 bits per heavy atom. The highest BCUT2D eigenvalue weighted by atomic mass is 16.6. The number of aryl methyl sites for hydroxylation is 1. The van der Waals surface area contributed by atoms with Crippen LogP contribution in [0.2, 0.25) is 0 Å². The van der Waals surface area contributed by atoms with Gasteiger partial charge in [0.2, 0.25) is 0 Å². The molecule has 0 bridgehead atoms. The molecule has 2 aliphatic heterocycles. The molecule has 0 spiro atoms. The molecule has 1 unspecified atom stereocenters. The fourth-order valence-electron chi connectivity index (χ4n) is 3.02. The molecule has 1 aromatic carbocycles. The normalized spacial score (nSPS) is 20.0. The molecule has 1 amide bonds. The topological polar surface area (TPSA) is 76.7 Å². The first-order valence-electron chi connectivity index (χ1n) is 8.02. The Kier molecular flexibility index (Phi) is 3.86. The lowest BCUT2D eigenvalue weighted by Crippen LogP contribution is -2.43. The first-order chi connectivity index (χ1) is 11.7. The Balaban J connectivity index is 1.62. The summed E-state index contributed by atoms with van der Waals surface area (Å²) in [6.45, 7) is 4.45. The molecule has 0 radical (unpaired) electrons. The number of nitrogens with zero attached hydrogens (tertiary/aromatic N) is 2. The van der Waals surface area contributed by atoms with E-state index in [1.165, 1.54) is 0 Å². The van der Waals surface area contributed by atoms with Crippen molar-refractivity contribution in [1.82, 2.24) is 14.9 Å². The summed E-state index contributed by atoms with van der Waals surface area (Å²) < 4.78 is 16.6. The molecule has 1 fully saturated rings. The number of nitrogens with one attached hydrogen (secondary N) is 1. The van der Waals surface area contributed by atoms with Crippen molar-refractivity contribution < 1.29 is 19.0 Å². The van der Waals surface area contributed by atoms with E-state index in [0.29, 0.717) is 50.0 Å². The van der Waals surface area contributed by atoms with E-state index in [1.54, 1.807) is 29.3 Å². The molecule has 7 nitrogen and oxygen atoms in total. The Morgan fingerprint density at radius 3 is 2.88 bits per heavy atom. The highest BCUT2D eigenvalue weighted by molar-refractivity contribution is 5.95. The second-order valence-corrected chi connectivity index (χ2v) is 5.90. The van der Waals surface area contributed by atoms with Crippen molar-refractivity contribution >= 4 is 5.91 Å². The van der Waals surface area contributed by atoms with Crippen molar-refractivity contribution in [3.05, 3.63) is 41.5 Å². The largest absolute Gasteiger partial charge is 0.486 e. The number of rotatable bonds is 2. The van der Waals surface area contributed by atoms with Crippen molar-refractivity contribution in [2.24, 2.45) is 0 Å². The van der Waals surface area contributed by atoms with Crippen molar-refractivity contribution in [1.29, 1.82) is 0 Å². The second-order valence-electron chi connectivity index (χ2n) is 5.90. The molecule has 24 heavy (non-hydrogen) atoms. The van der Waals surface area contributed by atoms with Crippen LogP contribution in [0.25, 0.3) is 0 Å². The maximum absolute atomic E-state index is 13.0. The van der Waals surface area contributed by atoms with Crippen LogP contribution in [0.4, 0.5) is 0 Å². The fourth-order valence-corrected chi connectivity index (χ4v) is 3.02. The number of aromatic amines is 1. The maximum atomic E-state index is 13.0. The minimum Gasteiger partial charge on any atom is -0.486 e. The zero-order valence-corrected chi connectivity index (χ0v) is 13.4. The molecular formula is C17H19N3O4. The summed E-state index contributed by atoms with van der Waals surface area (Å²) in [5.41, 5.74) is 1.54. The Morgan fingerprint density at radius 2 is 2.08 bits per heavy atom. The second kappa shape index (κ2) is 6.16. The van der Waals surface area contributed by atoms with E-state index in [4.69, 9.17) is 14.2 Å². The van der Waals surface area contributed by atoms with Gasteiger partial charge in [-0.05, 0) is 25.1 Å². The number of H-pyrrole nitrogens is 1. The Labute approximate surface area is 139 Å². The van der Waals surface area contributed by atoms with Crippen LogP contribution in [-0.2, 0) is 4.74 Å². The third-order valence-corrected chi connectivity index (χ3v) is 4.22. The molecule has 4 rings (SSSR count). The number of fused-ring (bicyclic) bond motifs is 1. The van der Waals surface area contributed by atoms with Crippen LogP contribution < -0.4 is 9.47 Å². The molecule has 1 saturated heterocycles. The van der Waals surface area contributed by atoms with Gasteiger partial charge in [0, 0.05) is 24.0 Å². The number of hydrogen-bond donors (Lipinski definition) is 1. The van der Waals surface area contributed by atoms with Crippen LogP contribution in [0.3, 0.4) is 0 Å². The highest BCUT2D eigenvalue weighted by Gasteiger charge is 2.31. The minimum absolute atomic E-state index is 0.0608. The number of carbonyl (C=O) groups is 1. The Hall–Kier alpha value is -2.54. The number of imidazole rings is 1. The van der Waals surface area contributed by atoms with E-state index in [0.717, 1.165) is 11.5 Å². The van der Waals surface area contributed by atoms with E-state index in [1.807, 2.05) is 6.92 Å². The molecule has 2 aromatic rings. The summed E-state index contributed by atoms with van der Waals surface area (Å²) in [4.78, 5) is 22.4. The lowest BCUT2D eigenvalue weighted by molar-refractivity contribution is -0.00504. The fraction of sp³-hybridized carbons (Fsp3) is 0.412. The summed E-state index contributed by atoms with van der Waals surface area (Å²) in [5.74, 6) is 1.98. The van der Waals surface area contributed by atoms with Crippen LogP contribution >= 0.6 is 0 Å². The lowest BCUT2D eigenvalue weighted by atomic mass is 10.1. The monoisotopic (exact) mass is 329 g/mol. The van der Waals surface area contributed by atoms with Gasteiger partial charge in [-0.2, -0.15) is 0 Å². The molecule has 1 atom stereocenters. The quantitative estimate of drug-likeness (QED) is 0.907. The highest BCUT2D eigenvalue weighted by Crippen LogP contribution is 2.32. The first kappa shape index (κ1) is 15.0. The summed E-state index contributed by atoms with van der Waals surface area (Å²) in [5, 5.41) is 0. The lowest BCUT2D eigenvalue weighted by Gasteiger charge is -2.34. The van der Waals surface area contributed by atoms with Crippen LogP contribution in [0.5, 0.6) is 11.5 Å². The van der Waals surface area contributed by atoms with Gasteiger partial charge in [0.1, 0.15) is 25.1 Å². The van der Waals surface area contributed by atoms with Gasteiger partial charge in [0.05, 0.1) is 13.2 Å². The van der Waals surface area contributed by atoms with Crippen molar-refractivity contribution in [3.8, 4) is 11.5 Å². The average molecular weight is 329 g/mol. The van der Waals surface area contributed by atoms with Crippen LogP contribution in [0.1, 0.15) is 27.9 Å². The zero-order chi connectivity index (χ0) is 16.5. The molecule has 1 aromatic heterocycles. The van der Waals surface area contributed by atoms with Gasteiger partial charge in [-0.1, -0.05) is 0 Å². The number of benzene rings is 1. The number of carbonyl (C=O) groups excluding carboxylic acids is 1. The third kappa shape index (κ3) is 2.71. The Bertz CT molecular complexity index is 758. The number of morpholine rings is 1. The summed E-state index contributed by atoms with van der Waals surface area (Å²) in [7, 11) is 0. The van der Waals surface area contributed by atoms with Crippen molar-refractivity contribution in [2.75, 3.05) is 33.0 Å². The van der Waals surface area contributed by atoms with Gasteiger partial charge in [-0.3, -0.25) is 4.79 Å². The molecule has 126 valence electrons. The molecule has 2 aliphatic rings. The van der Waals surface area contributed by atoms with E-state index in [2.05, 4.69) is 9.97 Å². The zero-order valence-electron chi connectivity index (χ0n) is 13.4. The van der Waals surface area contributed by atoms with E-state index < -0.39 is 0 Å². The van der Waals surface area contributed by atoms with Crippen molar-refractivity contribution in [3.63, 3.8) is 0 Å². The summed E-state index contributed by atoms with van der Waals surface area (Å²) in [6.07, 6.45) is 1.76. The van der Waals surface area contributed by atoms with Crippen LogP contribution in [0.15, 0.2) is 24.4 Å². The number of hydrogen-bond acceptors (Lipinski definition) is 5. The standard InChI is InChI=1S/C17H19N3O4/c1-11-9-18-16(19-11)13-10-22-5-4-20(13)17(21)12-2-3-14-15(8-12)24-7-6-23-14/h2-3,8-9,13H,4-7,10H2,1H3,(H,18,19). The summed E-state index contributed by atoms with van der Waals surface area (Å²) >= 11 is 0. The van der Waals surface area contributed by atoms with Gasteiger partial charge in [-0.25, -0.2) is 4.98 Å². The molecule has 0 saturated carbocycles. The van der Waals surface area contributed by atoms with E-state index in [9.17, 15) is 4.79 Å². The number of amides is 1. The third-order valence-electron chi connectivity index (χ3n) is 4.22. The van der Waals surface area contributed by atoms with Crippen LogP contribution in [-0.4, -0.2) is 53.7 Å². The average Bonchev–Trinajstić information content (AvgIpc) is 3.07. The predicted molar refractivity (Wildman–Crippen MR) is 85.4 cm³/mol. The number of ether oxygens (including phenoxy) is 3. The van der Waals surface area contributed by atoms with Gasteiger partial charge in [0.15, 0.2) is 11.5 Å². The first-order valence-corrected chi connectivity index (χ1v) is 8.02. The maximum Gasteiger partial charge on any atom is 0.254 e. The summed E-state index contributed by atoms with van der Waals surface area (Å²) in [6, 6.07) is 5.09. The van der Waals surface area contributed by atoms with E-state index >= 15 is 0 Å². The molecule has 3 heterocycles. The van der Waals surface area contributed by atoms with E-state index in [-0.39, 0.29) is 11.9 Å². The number of aromatic nitrogens is 2. The molecular weight excluding hydrogens is 310 g/mol. The minimum atomic E-state index is -0.215. The van der Waals surface area contributed by atoms with Gasteiger partial charge < -0.3 is 24.1 Å².